The van der Waals surface area contributed by atoms with E-state index in [0.717, 1.165) is 22.0 Å². The second-order valence-electron chi connectivity index (χ2n) is 7.03. The Labute approximate surface area is 165 Å². The van der Waals surface area contributed by atoms with E-state index in [0.29, 0.717) is 6.54 Å². The van der Waals surface area contributed by atoms with Crippen molar-refractivity contribution in [2.45, 2.75) is 17.8 Å². The predicted octanol–water partition coefficient (Wildman–Crippen LogP) is 2.98. The summed E-state index contributed by atoms with van der Waals surface area (Å²) in [6.45, 7) is 0.451. The van der Waals surface area contributed by atoms with Crippen molar-refractivity contribution in [2.75, 3.05) is 20.7 Å². The summed E-state index contributed by atoms with van der Waals surface area (Å²) in [5.74, 6) is 0. The van der Waals surface area contributed by atoms with E-state index in [9.17, 15) is 8.42 Å². The van der Waals surface area contributed by atoms with Crippen LogP contribution in [0, 0.1) is 0 Å². The summed E-state index contributed by atoms with van der Waals surface area (Å²) in [5, 5.41) is 1.90. The number of pyridine rings is 1. The maximum Gasteiger partial charge on any atom is 0.221 e. The van der Waals surface area contributed by atoms with Crippen LogP contribution in [-0.2, 0) is 21.4 Å². The molecule has 0 amide bonds. The molecule has 1 aliphatic heterocycles. The second-order valence-corrected chi connectivity index (χ2v) is 9.29. The molecule has 2 heterocycles. The van der Waals surface area contributed by atoms with E-state index in [1.807, 2.05) is 60.7 Å². The summed E-state index contributed by atoms with van der Waals surface area (Å²) in [6.07, 6.45) is 1.72. The largest absolute Gasteiger partial charge is 0.297 e. The number of rotatable bonds is 5. The van der Waals surface area contributed by atoms with Crippen LogP contribution in [0.3, 0.4) is 0 Å². The van der Waals surface area contributed by atoms with Crippen LogP contribution in [0.1, 0.15) is 17.2 Å². The summed E-state index contributed by atoms with van der Waals surface area (Å²) in [6, 6.07) is 18.8. The molecule has 0 N–H and O–H groups in total. The summed E-state index contributed by atoms with van der Waals surface area (Å²) in [4.78, 5) is 10.1. The van der Waals surface area contributed by atoms with Crippen molar-refractivity contribution in [3.63, 3.8) is 0 Å². The van der Waals surface area contributed by atoms with Crippen LogP contribution in [0.4, 0.5) is 0 Å². The topological polar surface area (TPSA) is 62.7 Å². The lowest BCUT2D eigenvalue weighted by Gasteiger charge is -2.27. The first-order valence-electron chi connectivity index (χ1n) is 9.17. The molecular weight excluding hydrogens is 374 g/mol. The van der Waals surface area contributed by atoms with Crippen molar-refractivity contribution in [3.05, 3.63) is 78.0 Å². The van der Waals surface area contributed by atoms with Crippen molar-refractivity contribution in [2.24, 2.45) is 0 Å². The quantitative estimate of drug-likeness (QED) is 0.662. The van der Waals surface area contributed by atoms with Gasteiger partial charge in [0.25, 0.3) is 0 Å². The molecule has 1 saturated heterocycles. The molecule has 146 valence electrons. The highest BCUT2D eigenvalue weighted by Gasteiger charge is 2.45. The number of hydrogen-bond donors (Lipinski definition) is 0. The average Bonchev–Trinajstić information content (AvgIpc) is 3.10. The molecule has 0 bridgehead atoms. The smallest absolute Gasteiger partial charge is 0.221 e. The Balaban J connectivity index is 1.70. The van der Waals surface area contributed by atoms with Gasteiger partial charge in [0.2, 0.25) is 10.0 Å². The first kappa shape index (κ1) is 19.0. The normalized spacial score (nSPS) is 20.8. The highest BCUT2D eigenvalue weighted by atomic mass is 32.2. The Bertz CT molecular complexity index is 1070. The maximum atomic E-state index is 13.4. The minimum Gasteiger partial charge on any atom is -0.297 e. The number of para-hydroxylation sites is 1. The molecule has 0 spiro atoms. The fraction of sp³-hybridized carbons (Fsp3) is 0.286. The van der Waals surface area contributed by atoms with Gasteiger partial charge in [0.05, 0.1) is 18.2 Å². The predicted molar refractivity (Wildman–Crippen MR) is 109 cm³/mol. The van der Waals surface area contributed by atoms with Crippen LogP contribution in [0.15, 0.2) is 66.9 Å². The van der Waals surface area contributed by atoms with Crippen molar-refractivity contribution in [1.29, 1.82) is 0 Å². The van der Waals surface area contributed by atoms with Gasteiger partial charge in [-0.2, -0.15) is 5.06 Å². The zero-order chi connectivity index (χ0) is 19.7. The van der Waals surface area contributed by atoms with Gasteiger partial charge in [-0.25, -0.2) is 12.7 Å². The van der Waals surface area contributed by atoms with E-state index in [1.54, 1.807) is 25.4 Å². The van der Waals surface area contributed by atoms with E-state index in [-0.39, 0.29) is 6.61 Å². The standard InChI is InChI=1S/C21H23N3O3S/c1-23(14-16-8-4-3-5-9-16)28(25,26)20-15-27-24(2)21(20)18-12-13-22-19-11-7-6-10-17(18)19/h3-13,20-21H,14-15H2,1-2H3. The SMILES string of the molecule is CN1OCC(S(=O)(=O)N(C)Cc2ccccc2)C1c1ccnc2ccccc12. The fourth-order valence-corrected chi connectivity index (χ4v) is 5.45. The minimum atomic E-state index is -3.59. The van der Waals surface area contributed by atoms with Gasteiger partial charge in [-0.3, -0.25) is 9.82 Å². The van der Waals surface area contributed by atoms with Crippen molar-refractivity contribution in [1.82, 2.24) is 14.4 Å². The van der Waals surface area contributed by atoms with Crippen LogP contribution in [-0.4, -0.2) is 48.7 Å². The van der Waals surface area contributed by atoms with E-state index < -0.39 is 21.3 Å². The molecule has 0 saturated carbocycles. The molecule has 3 aromatic rings. The molecule has 6 nitrogen and oxygen atoms in total. The molecule has 2 aromatic carbocycles. The summed E-state index contributed by atoms with van der Waals surface area (Å²) >= 11 is 0. The van der Waals surface area contributed by atoms with E-state index in [1.165, 1.54) is 4.31 Å². The number of aromatic nitrogens is 1. The highest BCUT2D eigenvalue weighted by molar-refractivity contribution is 7.89. The molecule has 2 unspecified atom stereocenters. The van der Waals surface area contributed by atoms with Gasteiger partial charge in [-0.05, 0) is 23.3 Å². The highest BCUT2D eigenvalue weighted by Crippen LogP contribution is 2.37. The third-order valence-electron chi connectivity index (χ3n) is 5.25. The summed E-state index contributed by atoms with van der Waals surface area (Å²) in [7, 11) is -0.178. The first-order valence-corrected chi connectivity index (χ1v) is 10.7. The monoisotopic (exact) mass is 397 g/mol. The van der Waals surface area contributed by atoms with E-state index >= 15 is 0 Å². The van der Waals surface area contributed by atoms with Gasteiger partial charge in [0, 0.05) is 32.2 Å². The van der Waals surface area contributed by atoms with E-state index in [4.69, 9.17) is 4.84 Å². The lowest BCUT2D eigenvalue weighted by Crippen LogP contribution is -2.40. The van der Waals surface area contributed by atoms with Crippen molar-refractivity contribution < 1.29 is 13.3 Å². The van der Waals surface area contributed by atoms with Gasteiger partial charge in [0.15, 0.2) is 0 Å². The summed E-state index contributed by atoms with van der Waals surface area (Å²) < 4.78 is 28.2. The molecule has 1 fully saturated rings. The third-order valence-corrected chi connectivity index (χ3v) is 7.41. The first-order chi connectivity index (χ1) is 13.5. The zero-order valence-electron chi connectivity index (χ0n) is 15.9. The van der Waals surface area contributed by atoms with Crippen LogP contribution in [0.5, 0.6) is 0 Å². The number of sulfonamides is 1. The van der Waals surface area contributed by atoms with Gasteiger partial charge in [0.1, 0.15) is 5.25 Å². The Morgan fingerprint density at radius 2 is 1.82 bits per heavy atom. The van der Waals surface area contributed by atoms with E-state index in [2.05, 4.69) is 4.98 Å². The van der Waals surface area contributed by atoms with Crippen LogP contribution < -0.4 is 0 Å². The Morgan fingerprint density at radius 1 is 1.11 bits per heavy atom. The van der Waals surface area contributed by atoms with Crippen LogP contribution in [0.2, 0.25) is 0 Å². The van der Waals surface area contributed by atoms with Gasteiger partial charge in [-0.1, -0.05) is 48.5 Å². The molecule has 28 heavy (non-hydrogen) atoms. The second kappa shape index (κ2) is 7.60. The summed E-state index contributed by atoms with van der Waals surface area (Å²) in [5.41, 5.74) is 2.70. The number of nitrogens with zero attached hydrogens (tertiary/aromatic N) is 3. The Hall–Kier alpha value is -2.32. The third kappa shape index (κ3) is 3.42. The Kier molecular flexibility index (Phi) is 5.16. The van der Waals surface area contributed by atoms with Crippen LogP contribution in [0.25, 0.3) is 10.9 Å². The fourth-order valence-electron chi connectivity index (χ4n) is 3.78. The zero-order valence-corrected chi connectivity index (χ0v) is 16.7. The lowest BCUT2D eigenvalue weighted by molar-refractivity contribution is -0.110. The number of fused-ring (bicyclic) bond motifs is 1. The molecule has 7 heteroatoms. The van der Waals surface area contributed by atoms with Gasteiger partial charge < -0.3 is 0 Å². The minimum absolute atomic E-state index is 0.124. The van der Waals surface area contributed by atoms with Crippen molar-refractivity contribution in [3.8, 4) is 0 Å². The number of hydroxylamine groups is 2. The van der Waals surface area contributed by atoms with Gasteiger partial charge >= 0.3 is 0 Å². The molecule has 2 atom stereocenters. The molecule has 0 radical (unpaired) electrons. The lowest BCUT2D eigenvalue weighted by atomic mass is 10.00. The number of hydrogen-bond acceptors (Lipinski definition) is 5. The number of benzene rings is 2. The molecular formula is C21H23N3O3S. The van der Waals surface area contributed by atoms with Crippen LogP contribution >= 0.6 is 0 Å². The molecule has 1 aliphatic rings. The molecule has 4 rings (SSSR count). The van der Waals surface area contributed by atoms with Gasteiger partial charge in [-0.15, -0.1) is 0 Å². The van der Waals surface area contributed by atoms with Crippen molar-refractivity contribution >= 4 is 20.9 Å². The molecule has 1 aromatic heterocycles. The molecule has 0 aliphatic carbocycles. The maximum absolute atomic E-state index is 13.4. The average molecular weight is 398 g/mol. The Morgan fingerprint density at radius 3 is 2.61 bits per heavy atom.